The van der Waals surface area contributed by atoms with E-state index in [9.17, 15) is 13.6 Å². The Bertz CT molecular complexity index is 1160. The molecular formula is C14H8F2N6OS. The van der Waals surface area contributed by atoms with Crippen LogP contribution >= 0.6 is 11.8 Å². The number of fused-ring (bicyclic) bond motifs is 3. The van der Waals surface area contributed by atoms with E-state index >= 15 is 0 Å². The molecule has 0 atom stereocenters. The van der Waals surface area contributed by atoms with Gasteiger partial charge in [-0.1, -0.05) is 11.8 Å². The summed E-state index contributed by atoms with van der Waals surface area (Å²) < 4.78 is 29.1. The van der Waals surface area contributed by atoms with Gasteiger partial charge in [-0.25, -0.2) is 8.78 Å². The van der Waals surface area contributed by atoms with Crippen LogP contribution in [0.5, 0.6) is 0 Å². The Balaban J connectivity index is 1.99. The Morgan fingerprint density at radius 2 is 1.96 bits per heavy atom. The highest BCUT2D eigenvalue weighted by Crippen LogP contribution is 2.15. The van der Waals surface area contributed by atoms with E-state index in [1.165, 1.54) is 28.5 Å². The molecule has 120 valence electrons. The Hall–Kier alpha value is -2.88. The second kappa shape index (κ2) is 5.34. The molecule has 0 unspecified atom stereocenters. The molecule has 4 aromatic rings. The molecule has 0 saturated carbocycles. The van der Waals surface area contributed by atoms with Gasteiger partial charge in [0.25, 0.3) is 11.3 Å². The number of halogens is 2. The summed E-state index contributed by atoms with van der Waals surface area (Å²) in [5.41, 5.74) is 0.143. The summed E-state index contributed by atoms with van der Waals surface area (Å²) >= 11 is 1.34. The van der Waals surface area contributed by atoms with Gasteiger partial charge in [0, 0.05) is 12.3 Å². The molecule has 0 bridgehead atoms. The lowest BCUT2D eigenvalue weighted by Crippen LogP contribution is -2.20. The van der Waals surface area contributed by atoms with Crippen molar-refractivity contribution in [3.8, 4) is 5.69 Å². The predicted octanol–water partition coefficient (Wildman–Crippen LogP) is 1.82. The number of benzene rings is 1. The van der Waals surface area contributed by atoms with Crippen LogP contribution in [-0.2, 0) is 0 Å². The summed E-state index contributed by atoms with van der Waals surface area (Å²) in [5.74, 6) is -1.75. The molecule has 0 aliphatic rings. The molecule has 0 aliphatic heterocycles. The van der Waals surface area contributed by atoms with Crippen molar-refractivity contribution < 1.29 is 8.78 Å². The Morgan fingerprint density at radius 3 is 2.71 bits per heavy atom. The van der Waals surface area contributed by atoms with E-state index in [0.717, 1.165) is 16.7 Å². The minimum absolute atomic E-state index is 0.0484. The van der Waals surface area contributed by atoms with Crippen LogP contribution in [0.2, 0.25) is 0 Å². The van der Waals surface area contributed by atoms with Crippen LogP contribution in [0.1, 0.15) is 0 Å². The molecule has 0 saturated heterocycles. The number of hydrogen-bond acceptors (Lipinski definition) is 6. The first kappa shape index (κ1) is 14.7. The summed E-state index contributed by atoms with van der Waals surface area (Å²) in [7, 11) is 0. The maximum atomic E-state index is 13.4. The van der Waals surface area contributed by atoms with Crippen molar-refractivity contribution in [1.29, 1.82) is 0 Å². The van der Waals surface area contributed by atoms with Crippen molar-refractivity contribution >= 4 is 28.6 Å². The fraction of sp³-hybridized carbons (Fsp3) is 0.0714. The Kier molecular flexibility index (Phi) is 3.27. The third kappa shape index (κ3) is 2.14. The molecule has 4 rings (SSSR count). The van der Waals surface area contributed by atoms with E-state index in [0.29, 0.717) is 10.7 Å². The van der Waals surface area contributed by atoms with Crippen LogP contribution in [0.15, 0.2) is 40.4 Å². The molecule has 0 amide bonds. The van der Waals surface area contributed by atoms with Gasteiger partial charge in [0.2, 0.25) is 5.16 Å². The van der Waals surface area contributed by atoms with Crippen LogP contribution in [0.4, 0.5) is 8.78 Å². The highest BCUT2D eigenvalue weighted by molar-refractivity contribution is 7.98. The number of pyridine rings is 1. The van der Waals surface area contributed by atoms with Gasteiger partial charge in [-0.15, -0.1) is 15.3 Å². The number of hydrogen-bond donors (Lipinski definition) is 0. The van der Waals surface area contributed by atoms with Crippen molar-refractivity contribution in [2.45, 2.75) is 5.16 Å². The summed E-state index contributed by atoms with van der Waals surface area (Å²) in [6.45, 7) is 0. The van der Waals surface area contributed by atoms with Crippen molar-refractivity contribution in [3.05, 3.63) is 52.5 Å². The van der Waals surface area contributed by atoms with Crippen LogP contribution in [0.25, 0.3) is 22.5 Å². The SMILES string of the molecule is CSc1nc2nnc3c(=O)n(-c4ccc(F)c(F)c4)ccc3n2n1. The standard InChI is InChI=1S/C14H8F2N6OS/c1-24-14-17-13-19-18-11-10(22(13)20-14)4-5-21(12(11)23)7-2-3-8(15)9(16)6-7/h2-6H,1H3. The summed E-state index contributed by atoms with van der Waals surface area (Å²) in [4.78, 5) is 16.8. The minimum atomic E-state index is -1.04. The van der Waals surface area contributed by atoms with Crippen LogP contribution < -0.4 is 5.56 Å². The van der Waals surface area contributed by atoms with Gasteiger partial charge in [0.15, 0.2) is 17.2 Å². The number of nitrogens with zero attached hydrogens (tertiary/aromatic N) is 6. The lowest BCUT2D eigenvalue weighted by Gasteiger charge is -2.07. The van der Waals surface area contributed by atoms with Gasteiger partial charge in [0.1, 0.15) is 5.52 Å². The first-order chi connectivity index (χ1) is 11.6. The van der Waals surface area contributed by atoms with Gasteiger partial charge in [0.05, 0.1) is 5.69 Å². The van der Waals surface area contributed by atoms with Gasteiger partial charge < -0.3 is 0 Å². The van der Waals surface area contributed by atoms with Crippen molar-refractivity contribution in [2.75, 3.05) is 6.26 Å². The molecule has 0 fully saturated rings. The zero-order valence-corrected chi connectivity index (χ0v) is 13.0. The van der Waals surface area contributed by atoms with E-state index in [-0.39, 0.29) is 17.0 Å². The number of aromatic nitrogens is 6. The molecule has 3 aromatic heterocycles. The highest BCUT2D eigenvalue weighted by atomic mass is 32.2. The van der Waals surface area contributed by atoms with Gasteiger partial charge in [-0.3, -0.25) is 9.36 Å². The zero-order chi connectivity index (χ0) is 16.8. The lowest BCUT2D eigenvalue weighted by atomic mass is 10.3. The fourth-order valence-corrected chi connectivity index (χ4v) is 2.65. The highest BCUT2D eigenvalue weighted by Gasteiger charge is 2.14. The molecule has 10 heteroatoms. The first-order valence-corrected chi connectivity index (χ1v) is 7.95. The predicted molar refractivity (Wildman–Crippen MR) is 83.4 cm³/mol. The van der Waals surface area contributed by atoms with Gasteiger partial charge in [-0.2, -0.15) is 9.50 Å². The Labute approximate surface area is 137 Å². The molecule has 0 N–H and O–H groups in total. The molecule has 3 heterocycles. The third-order valence-electron chi connectivity index (χ3n) is 3.45. The maximum absolute atomic E-state index is 13.4. The van der Waals surface area contributed by atoms with Crippen molar-refractivity contribution in [3.63, 3.8) is 0 Å². The van der Waals surface area contributed by atoms with E-state index in [4.69, 9.17) is 0 Å². The number of thioether (sulfide) groups is 1. The summed E-state index contributed by atoms with van der Waals surface area (Å²) in [6.07, 6.45) is 3.26. The van der Waals surface area contributed by atoms with Gasteiger partial charge >= 0.3 is 0 Å². The van der Waals surface area contributed by atoms with Crippen LogP contribution in [0, 0.1) is 11.6 Å². The summed E-state index contributed by atoms with van der Waals surface area (Å²) in [5, 5.41) is 12.5. The normalized spacial score (nSPS) is 11.5. The molecule has 1 aromatic carbocycles. The molecule has 0 aliphatic carbocycles. The smallest absolute Gasteiger partial charge is 0.282 e. The minimum Gasteiger partial charge on any atom is -0.282 e. The van der Waals surface area contributed by atoms with Crippen LogP contribution in [0.3, 0.4) is 0 Å². The Morgan fingerprint density at radius 1 is 1.12 bits per heavy atom. The second-order valence-corrected chi connectivity index (χ2v) is 5.61. The molecule has 0 spiro atoms. The zero-order valence-electron chi connectivity index (χ0n) is 12.1. The fourth-order valence-electron chi connectivity index (χ4n) is 2.31. The topological polar surface area (TPSA) is 78.0 Å². The van der Waals surface area contributed by atoms with Crippen molar-refractivity contribution in [1.82, 2.24) is 29.4 Å². The van der Waals surface area contributed by atoms with E-state index in [1.54, 1.807) is 6.07 Å². The monoisotopic (exact) mass is 346 g/mol. The largest absolute Gasteiger partial charge is 0.285 e. The average molecular weight is 346 g/mol. The van der Waals surface area contributed by atoms with E-state index in [2.05, 4.69) is 20.3 Å². The molecule has 0 radical (unpaired) electrons. The summed E-state index contributed by atoms with van der Waals surface area (Å²) in [6, 6.07) is 4.80. The number of rotatable bonds is 2. The quantitative estimate of drug-likeness (QED) is 0.515. The van der Waals surface area contributed by atoms with E-state index < -0.39 is 17.2 Å². The second-order valence-electron chi connectivity index (χ2n) is 4.83. The first-order valence-electron chi connectivity index (χ1n) is 6.73. The molecule has 24 heavy (non-hydrogen) atoms. The maximum Gasteiger partial charge on any atom is 0.285 e. The molecule has 7 nitrogen and oxygen atoms in total. The third-order valence-corrected chi connectivity index (χ3v) is 3.99. The van der Waals surface area contributed by atoms with E-state index in [1.807, 2.05) is 6.26 Å². The van der Waals surface area contributed by atoms with Crippen molar-refractivity contribution in [2.24, 2.45) is 0 Å². The average Bonchev–Trinajstić information content (AvgIpc) is 3.01. The molecular weight excluding hydrogens is 338 g/mol. The van der Waals surface area contributed by atoms with Crippen LogP contribution in [-0.4, -0.2) is 35.6 Å². The lowest BCUT2D eigenvalue weighted by molar-refractivity contribution is 0.508. The van der Waals surface area contributed by atoms with Gasteiger partial charge in [-0.05, 0) is 24.5 Å².